The molecule has 1 aromatic rings. The molecule has 0 saturated heterocycles. The summed E-state index contributed by atoms with van der Waals surface area (Å²) in [5.41, 5.74) is 5.94. The van der Waals surface area contributed by atoms with Gasteiger partial charge < -0.3 is 11.1 Å². The second-order valence-electron chi connectivity index (χ2n) is 5.65. The predicted octanol–water partition coefficient (Wildman–Crippen LogP) is 1.64. The maximum absolute atomic E-state index is 12.3. The normalized spacial score (nSPS) is 16.0. The van der Waals surface area contributed by atoms with Crippen molar-refractivity contribution in [3.63, 3.8) is 0 Å². The first-order chi connectivity index (χ1) is 9.64. The van der Waals surface area contributed by atoms with Gasteiger partial charge in [-0.05, 0) is 38.0 Å². The summed E-state index contributed by atoms with van der Waals surface area (Å²) in [5.74, 6) is -0.0906. The third kappa shape index (κ3) is 4.28. The summed E-state index contributed by atoms with van der Waals surface area (Å²) in [4.78, 5) is 12.5. The summed E-state index contributed by atoms with van der Waals surface area (Å²) in [5, 5.41) is 2.93. The Morgan fingerprint density at radius 1 is 1.33 bits per heavy atom. The lowest BCUT2D eigenvalue weighted by atomic mass is 9.86. The van der Waals surface area contributed by atoms with Crippen molar-refractivity contribution in [2.75, 3.05) is 12.8 Å². The van der Waals surface area contributed by atoms with E-state index >= 15 is 0 Å². The Morgan fingerprint density at radius 2 is 1.86 bits per heavy atom. The van der Waals surface area contributed by atoms with Gasteiger partial charge in [0, 0.05) is 12.8 Å². The van der Waals surface area contributed by atoms with Gasteiger partial charge in [0.05, 0.1) is 16.4 Å². The molecule has 1 aromatic carbocycles. The van der Waals surface area contributed by atoms with Gasteiger partial charge in [-0.25, -0.2) is 8.42 Å². The van der Waals surface area contributed by atoms with Crippen molar-refractivity contribution in [2.45, 2.75) is 38.1 Å². The molecular formula is C15H24N2O3S. The molecule has 0 bridgehead atoms. The Hall–Kier alpha value is -1.40. The maximum atomic E-state index is 12.3. The fourth-order valence-electron chi connectivity index (χ4n) is 1.86. The third-order valence-corrected chi connectivity index (χ3v) is 5.06. The monoisotopic (exact) mass is 312 g/mol. The SMILES string of the molecule is CCC(C)(CN)C(=O)NC(C)c1ccc(S(C)(=O)=O)cc1. The van der Waals surface area contributed by atoms with Crippen molar-refractivity contribution < 1.29 is 13.2 Å². The van der Waals surface area contributed by atoms with E-state index in [0.29, 0.717) is 6.42 Å². The molecule has 0 aliphatic carbocycles. The number of benzene rings is 1. The van der Waals surface area contributed by atoms with Crippen LogP contribution in [0.4, 0.5) is 0 Å². The van der Waals surface area contributed by atoms with E-state index in [-0.39, 0.29) is 23.4 Å². The van der Waals surface area contributed by atoms with Crippen LogP contribution in [0.1, 0.15) is 38.8 Å². The fourth-order valence-corrected chi connectivity index (χ4v) is 2.49. The second-order valence-corrected chi connectivity index (χ2v) is 7.67. The van der Waals surface area contributed by atoms with Crippen LogP contribution in [0.15, 0.2) is 29.2 Å². The largest absolute Gasteiger partial charge is 0.349 e. The second kappa shape index (κ2) is 6.58. The van der Waals surface area contributed by atoms with Gasteiger partial charge in [-0.3, -0.25) is 4.79 Å². The summed E-state index contributed by atoms with van der Waals surface area (Å²) >= 11 is 0. The van der Waals surface area contributed by atoms with Crippen LogP contribution < -0.4 is 11.1 Å². The predicted molar refractivity (Wildman–Crippen MR) is 83.6 cm³/mol. The van der Waals surface area contributed by atoms with Crippen LogP contribution in [0.2, 0.25) is 0 Å². The summed E-state index contributed by atoms with van der Waals surface area (Å²) in [6, 6.07) is 6.33. The van der Waals surface area contributed by atoms with Crippen LogP contribution in [0.5, 0.6) is 0 Å². The molecule has 2 atom stereocenters. The molecule has 1 amide bonds. The van der Waals surface area contributed by atoms with E-state index in [2.05, 4.69) is 5.32 Å². The molecule has 118 valence electrons. The van der Waals surface area contributed by atoms with E-state index in [1.807, 2.05) is 20.8 Å². The molecule has 0 aliphatic heterocycles. The molecule has 0 aromatic heterocycles. The Morgan fingerprint density at radius 3 is 2.24 bits per heavy atom. The minimum Gasteiger partial charge on any atom is -0.349 e. The molecule has 0 saturated carbocycles. The summed E-state index contributed by atoms with van der Waals surface area (Å²) in [7, 11) is -3.20. The van der Waals surface area contributed by atoms with Crippen molar-refractivity contribution in [2.24, 2.45) is 11.1 Å². The molecule has 0 aliphatic rings. The van der Waals surface area contributed by atoms with Crippen LogP contribution in [0, 0.1) is 5.41 Å². The number of nitrogens with one attached hydrogen (secondary N) is 1. The number of amides is 1. The minimum absolute atomic E-state index is 0.0906. The first-order valence-electron chi connectivity index (χ1n) is 6.95. The molecule has 0 radical (unpaired) electrons. The first-order valence-corrected chi connectivity index (χ1v) is 8.84. The third-order valence-electron chi connectivity index (χ3n) is 3.93. The Bertz CT molecular complexity index is 590. The number of carbonyl (C=O) groups excluding carboxylic acids is 1. The van der Waals surface area contributed by atoms with E-state index in [0.717, 1.165) is 5.56 Å². The zero-order valence-electron chi connectivity index (χ0n) is 13.0. The molecular weight excluding hydrogens is 288 g/mol. The molecule has 0 spiro atoms. The zero-order chi connectivity index (χ0) is 16.3. The fraction of sp³-hybridized carbons (Fsp3) is 0.533. The van der Waals surface area contributed by atoms with E-state index in [1.54, 1.807) is 24.3 Å². The van der Waals surface area contributed by atoms with Crippen LogP contribution in [-0.2, 0) is 14.6 Å². The van der Waals surface area contributed by atoms with Crippen molar-refractivity contribution in [1.82, 2.24) is 5.32 Å². The number of sulfone groups is 1. The van der Waals surface area contributed by atoms with Gasteiger partial charge in [-0.15, -0.1) is 0 Å². The summed E-state index contributed by atoms with van der Waals surface area (Å²) in [6.07, 6.45) is 1.83. The highest BCUT2D eigenvalue weighted by molar-refractivity contribution is 7.90. The van der Waals surface area contributed by atoms with Crippen molar-refractivity contribution in [3.8, 4) is 0 Å². The summed E-state index contributed by atoms with van der Waals surface area (Å²) in [6.45, 7) is 5.91. The van der Waals surface area contributed by atoms with Gasteiger partial charge in [0.15, 0.2) is 9.84 Å². The minimum atomic E-state index is -3.20. The number of hydrogen-bond donors (Lipinski definition) is 2. The summed E-state index contributed by atoms with van der Waals surface area (Å²) < 4.78 is 22.8. The number of carbonyl (C=O) groups is 1. The van der Waals surface area contributed by atoms with Gasteiger partial charge in [-0.2, -0.15) is 0 Å². The average Bonchev–Trinajstić information content (AvgIpc) is 2.45. The molecule has 5 nitrogen and oxygen atoms in total. The standard InChI is InChI=1S/C15H24N2O3S/c1-5-15(3,10-16)14(18)17-11(2)12-6-8-13(9-7-12)21(4,19)20/h6-9,11H,5,10,16H2,1-4H3,(H,17,18). The zero-order valence-corrected chi connectivity index (χ0v) is 13.8. The van der Waals surface area contributed by atoms with Crippen LogP contribution in [-0.4, -0.2) is 27.1 Å². The molecule has 3 N–H and O–H groups in total. The Balaban J connectivity index is 2.86. The lowest BCUT2D eigenvalue weighted by molar-refractivity contribution is -0.130. The first kappa shape index (κ1) is 17.7. The molecule has 0 fully saturated rings. The maximum Gasteiger partial charge on any atom is 0.227 e. The smallest absolute Gasteiger partial charge is 0.227 e. The quantitative estimate of drug-likeness (QED) is 0.835. The molecule has 1 rings (SSSR count). The molecule has 6 heteroatoms. The van der Waals surface area contributed by atoms with E-state index in [1.165, 1.54) is 6.26 Å². The number of hydrogen-bond acceptors (Lipinski definition) is 4. The number of rotatable bonds is 6. The van der Waals surface area contributed by atoms with Crippen molar-refractivity contribution in [1.29, 1.82) is 0 Å². The van der Waals surface area contributed by atoms with E-state index in [4.69, 9.17) is 5.73 Å². The van der Waals surface area contributed by atoms with Gasteiger partial charge in [0.2, 0.25) is 5.91 Å². The van der Waals surface area contributed by atoms with Gasteiger partial charge >= 0.3 is 0 Å². The highest BCUT2D eigenvalue weighted by atomic mass is 32.2. The van der Waals surface area contributed by atoms with Gasteiger partial charge in [0.1, 0.15) is 0 Å². The molecule has 2 unspecified atom stereocenters. The van der Waals surface area contributed by atoms with E-state index < -0.39 is 15.3 Å². The van der Waals surface area contributed by atoms with E-state index in [9.17, 15) is 13.2 Å². The lowest BCUT2D eigenvalue weighted by Gasteiger charge is -2.27. The van der Waals surface area contributed by atoms with Crippen molar-refractivity contribution >= 4 is 15.7 Å². The van der Waals surface area contributed by atoms with Crippen LogP contribution in [0.3, 0.4) is 0 Å². The number of nitrogens with two attached hydrogens (primary N) is 1. The average molecular weight is 312 g/mol. The van der Waals surface area contributed by atoms with Crippen LogP contribution >= 0.6 is 0 Å². The Labute approximate surface area is 126 Å². The molecule has 0 heterocycles. The Kier molecular flexibility index (Phi) is 5.53. The topological polar surface area (TPSA) is 89.3 Å². The molecule has 21 heavy (non-hydrogen) atoms. The lowest BCUT2D eigenvalue weighted by Crippen LogP contribution is -2.44. The highest BCUT2D eigenvalue weighted by Gasteiger charge is 2.30. The van der Waals surface area contributed by atoms with Crippen molar-refractivity contribution in [3.05, 3.63) is 29.8 Å². The van der Waals surface area contributed by atoms with Gasteiger partial charge in [0.25, 0.3) is 0 Å². The van der Waals surface area contributed by atoms with Crippen LogP contribution in [0.25, 0.3) is 0 Å². The highest BCUT2D eigenvalue weighted by Crippen LogP contribution is 2.22. The van der Waals surface area contributed by atoms with Gasteiger partial charge in [-0.1, -0.05) is 19.1 Å².